The Labute approximate surface area is 173 Å². The van der Waals surface area contributed by atoms with Crippen molar-refractivity contribution in [1.29, 1.82) is 0 Å². The van der Waals surface area contributed by atoms with Crippen LogP contribution in [0.1, 0.15) is 49.7 Å². The first-order valence-corrected chi connectivity index (χ1v) is 9.84. The first kappa shape index (κ1) is 19.9. The van der Waals surface area contributed by atoms with Gasteiger partial charge in [-0.15, -0.1) is 5.10 Å². The van der Waals surface area contributed by atoms with Crippen LogP contribution in [0.4, 0.5) is 11.6 Å². The van der Waals surface area contributed by atoms with Gasteiger partial charge in [-0.05, 0) is 25.2 Å². The van der Waals surface area contributed by atoms with E-state index in [-0.39, 0.29) is 17.0 Å². The predicted octanol–water partition coefficient (Wildman–Crippen LogP) is 1.98. The zero-order valence-electron chi connectivity index (χ0n) is 17.4. The fourth-order valence-electron chi connectivity index (χ4n) is 3.12. The minimum atomic E-state index is -0.584. The van der Waals surface area contributed by atoms with E-state index >= 15 is 0 Å². The van der Waals surface area contributed by atoms with Crippen molar-refractivity contribution in [3.05, 3.63) is 40.1 Å². The van der Waals surface area contributed by atoms with Crippen LogP contribution in [0.15, 0.2) is 23.3 Å². The van der Waals surface area contributed by atoms with Gasteiger partial charge >= 0.3 is 0 Å². The summed E-state index contributed by atoms with van der Waals surface area (Å²) in [5.41, 5.74) is 0.0563. The minimum absolute atomic E-state index is 0.0537. The second kappa shape index (κ2) is 7.12. The van der Waals surface area contributed by atoms with Gasteiger partial charge in [-0.2, -0.15) is 4.52 Å². The zero-order valence-corrected chi connectivity index (χ0v) is 17.4. The van der Waals surface area contributed by atoms with Crippen molar-refractivity contribution in [3.8, 4) is 5.88 Å². The van der Waals surface area contributed by atoms with Crippen molar-refractivity contribution in [2.45, 2.75) is 53.1 Å². The molecule has 1 aliphatic rings. The third kappa shape index (κ3) is 3.98. The Bertz CT molecular complexity index is 1170. The first-order valence-electron chi connectivity index (χ1n) is 9.84. The molecule has 1 saturated carbocycles. The number of amides is 1. The molecular formula is C20H25N7O3. The highest BCUT2D eigenvalue weighted by Gasteiger charge is 2.30. The van der Waals surface area contributed by atoms with Crippen LogP contribution in [0.25, 0.3) is 5.65 Å². The van der Waals surface area contributed by atoms with E-state index in [0.717, 1.165) is 18.5 Å². The lowest BCUT2D eigenvalue weighted by Gasteiger charge is -2.21. The second-order valence-electron chi connectivity index (χ2n) is 8.87. The van der Waals surface area contributed by atoms with Gasteiger partial charge in [-0.3, -0.25) is 19.1 Å². The summed E-state index contributed by atoms with van der Waals surface area (Å²) in [5, 5.41) is 20.9. The Morgan fingerprint density at radius 1 is 1.23 bits per heavy atom. The molecule has 1 fully saturated rings. The average molecular weight is 411 g/mol. The Hall–Kier alpha value is -3.43. The number of fused-ring (bicyclic) bond motifs is 1. The van der Waals surface area contributed by atoms with E-state index in [1.807, 2.05) is 27.7 Å². The van der Waals surface area contributed by atoms with Crippen molar-refractivity contribution in [2.24, 2.45) is 5.41 Å². The molecule has 3 aromatic heterocycles. The number of carbonyl (C=O) groups is 1. The van der Waals surface area contributed by atoms with Gasteiger partial charge in [-0.1, -0.05) is 20.8 Å². The summed E-state index contributed by atoms with van der Waals surface area (Å²) >= 11 is 0. The van der Waals surface area contributed by atoms with E-state index in [1.165, 1.54) is 9.08 Å². The molecule has 0 atom stereocenters. The lowest BCUT2D eigenvalue weighted by Crippen LogP contribution is -2.37. The number of aryl methyl sites for hydroxylation is 1. The number of rotatable bonds is 5. The monoisotopic (exact) mass is 411 g/mol. The molecule has 0 unspecified atom stereocenters. The number of hydrogen-bond donors (Lipinski definition) is 3. The van der Waals surface area contributed by atoms with Gasteiger partial charge in [0.2, 0.25) is 5.88 Å². The molecule has 0 radical (unpaired) electrons. The van der Waals surface area contributed by atoms with Gasteiger partial charge in [0.15, 0.2) is 11.4 Å². The third-order valence-corrected chi connectivity index (χ3v) is 4.66. The van der Waals surface area contributed by atoms with Crippen molar-refractivity contribution in [1.82, 2.24) is 29.5 Å². The molecular weight excluding hydrogens is 386 g/mol. The summed E-state index contributed by atoms with van der Waals surface area (Å²) in [7, 11) is 0. The molecule has 0 spiro atoms. The average Bonchev–Trinajstić information content (AvgIpc) is 3.36. The Balaban J connectivity index is 1.83. The van der Waals surface area contributed by atoms with Crippen LogP contribution in [-0.2, 0) is 6.54 Å². The molecule has 4 rings (SSSR count). The fraction of sp³-hybridized carbons (Fsp3) is 0.450. The molecule has 0 bridgehead atoms. The van der Waals surface area contributed by atoms with E-state index in [1.54, 1.807) is 18.5 Å². The predicted molar refractivity (Wildman–Crippen MR) is 111 cm³/mol. The smallest absolute Gasteiger partial charge is 0.270 e. The summed E-state index contributed by atoms with van der Waals surface area (Å²) in [6, 6.07) is 1.69. The zero-order chi connectivity index (χ0) is 21.6. The van der Waals surface area contributed by atoms with Crippen LogP contribution in [0.5, 0.6) is 5.88 Å². The highest BCUT2D eigenvalue weighted by Crippen LogP contribution is 2.25. The van der Waals surface area contributed by atoms with E-state index in [9.17, 15) is 14.7 Å². The van der Waals surface area contributed by atoms with E-state index in [2.05, 4.69) is 25.7 Å². The summed E-state index contributed by atoms with van der Waals surface area (Å²) in [6.45, 7) is 8.15. The van der Waals surface area contributed by atoms with Crippen LogP contribution in [0.2, 0.25) is 0 Å². The lowest BCUT2D eigenvalue weighted by molar-refractivity contribution is 0.0944. The number of anilines is 2. The van der Waals surface area contributed by atoms with E-state index in [4.69, 9.17) is 0 Å². The molecule has 0 saturated heterocycles. The van der Waals surface area contributed by atoms with Gasteiger partial charge in [0, 0.05) is 18.7 Å². The number of nitrogens with one attached hydrogen (secondary N) is 2. The van der Waals surface area contributed by atoms with Crippen LogP contribution in [-0.4, -0.2) is 41.2 Å². The first-order chi connectivity index (χ1) is 14.1. The van der Waals surface area contributed by atoms with Crippen LogP contribution in [0, 0.1) is 12.3 Å². The number of aromatic nitrogens is 5. The lowest BCUT2D eigenvalue weighted by atomic mass is 9.97. The summed E-state index contributed by atoms with van der Waals surface area (Å²) < 4.78 is 2.68. The number of hydrogen-bond acceptors (Lipinski definition) is 7. The SMILES string of the molecule is Cc1cnc(Nc2cc3n(CC(C)(C)C)c(=O)c(C(=O)NC4CC4)c(O)n3n2)cn1. The molecule has 1 aliphatic carbocycles. The topological polar surface area (TPSA) is 126 Å². The summed E-state index contributed by atoms with van der Waals surface area (Å²) in [6.07, 6.45) is 4.93. The largest absolute Gasteiger partial charge is 0.492 e. The number of aromatic hydroxyl groups is 1. The molecule has 0 aromatic carbocycles. The molecule has 0 aliphatic heterocycles. The maximum atomic E-state index is 13.2. The molecule has 30 heavy (non-hydrogen) atoms. The van der Waals surface area contributed by atoms with Gasteiger partial charge < -0.3 is 15.7 Å². The molecule has 3 aromatic rings. The molecule has 1 amide bonds. The fourth-order valence-corrected chi connectivity index (χ4v) is 3.12. The van der Waals surface area contributed by atoms with Gasteiger partial charge in [0.1, 0.15) is 11.5 Å². The minimum Gasteiger partial charge on any atom is -0.492 e. The normalized spacial score (nSPS) is 14.1. The molecule has 3 N–H and O–H groups in total. The molecule has 10 nitrogen and oxygen atoms in total. The van der Waals surface area contributed by atoms with Crippen LogP contribution < -0.4 is 16.2 Å². The highest BCUT2D eigenvalue weighted by molar-refractivity contribution is 5.96. The molecule has 3 heterocycles. The van der Waals surface area contributed by atoms with E-state index < -0.39 is 17.3 Å². The quantitative estimate of drug-likeness (QED) is 0.586. The number of nitrogens with zero attached hydrogens (tertiary/aromatic N) is 5. The van der Waals surface area contributed by atoms with Gasteiger partial charge in [0.05, 0.1) is 18.1 Å². The van der Waals surface area contributed by atoms with Gasteiger partial charge in [0.25, 0.3) is 11.5 Å². The van der Waals surface area contributed by atoms with Crippen molar-refractivity contribution in [2.75, 3.05) is 5.32 Å². The maximum absolute atomic E-state index is 13.2. The number of carbonyl (C=O) groups excluding carboxylic acids is 1. The van der Waals surface area contributed by atoms with Crippen molar-refractivity contribution in [3.63, 3.8) is 0 Å². The summed E-state index contributed by atoms with van der Waals surface area (Å²) in [4.78, 5) is 34.3. The van der Waals surface area contributed by atoms with Crippen LogP contribution in [0.3, 0.4) is 0 Å². The van der Waals surface area contributed by atoms with Crippen molar-refractivity contribution < 1.29 is 9.90 Å². The van der Waals surface area contributed by atoms with Crippen LogP contribution >= 0.6 is 0 Å². The standard InChI is InChI=1S/C20H25N7O3/c1-11-8-22-14(9-21-11)24-13-7-15-26(10-20(2,3)4)18(29)16(19(30)27(15)25-13)17(28)23-12-5-6-12/h7-9,12,30H,5-6,10H2,1-4H3,(H,23,28)(H,22,24,25). The third-order valence-electron chi connectivity index (χ3n) is 4.66. The van der Waals surface area contributed by atoms with Gasteiger partial charge in [-0.25, -0.2) is 4.98 Å². The maximum Gasteiger partial charge on any atom is 0.270 e. The van der Waals surface area contributed by atoms with E-state index in [0.29, 0.717) is 23.8 Å². The Morgan fingerprint density at radius 2 is 1.97 bits per heavy atom. The molecule has 158 valence electrons. The van der Waals surface area contributed by atoms with Crippen molar-refractivity contribution >= 4 is 23.2 Å². The Morgan fingerprint density at radius 3 is 2.57 bits per heavy atom. The second-order valence-corrected chi connectivity index (χ2v) is 8.87. The summed E-state index contributed by atoms with van der Waals surface area (Å²) in [5.74, 6) is -0.231. The highest BCUT2D eigenvalue weighted by atomic mass is 16.3. The molecule has 10 heteroatoms. The Kier molecular flexibility index (Phi) is 4.71.